The molecule has 0 radical (unpaired) electrons. The van der Waals surface area contributed by atoms with Crippen molar-refractivity contribution >= 4 is 39.1 Å². The minimum Gasteiger partial charge on any atom is -0.355 e. The summed E-state index contributed by atoms with van der Waals surface area (Å²) in [5, 5.41) is 6.85. The van der Waals surface area contributed by atoms with Crippen molar-refractivity contribution < 1.29 is 4.39 Å². The normalized spacial score (nSPS) is 17.6. The Labute approximate surface area is 135 Å². The number of hydrogen-bond donors (Lipinski definition) is 2. The summed E-state index contributed by atoms with van der Waals surface area (Å²) in [4.78, 5) is 4.15. The van der Waals surface area contributed by atoms with Gasteiger partial charge in [0.25, 0.3) is 0 Å². The van der Waals surface area contributed by atoms with Crippen LogP contribution in [0.25, 0.3) is 11.4 Å². The van der Waals surface area contributed by atoms with Gasteiger partial charge in [-0.1, -0.05) is 0 Å². The first-order valence-corrected chi connectivity index (χ1v) is 8.43. The molecule has 0 spiro atoms. The fourth-order valence-electron chi connectivity index (χ4n) is 2.19. The van der Waals surface area contributed by atoms with Crippen LogP contribution < -0.4 is 10.6 Å². The van der Waals surface area contributed by atoms with Crippen LogP contribution in [0.3, 0.4) is 0 Å². The van der Waals surface area contributed by atoms with Crippen LogP contribution in [0.15, 0.2) is 47.2 Å². The van der Waals surface area contributed by atoms with Crippen molar-refractivity contribution in [1.82, 2.24) is 15.6 Å². The first kappa shape index (κ1) is 14.4. The fraction of sp³-hybridized carbons (Fsp3) is 0.133. The molecular weight excluding hydrogens is 353 g/mol. The molecule has 1 atom stereocenters. The molecule has 2 N–H and O–H groups in total. The molecule has 0 bridgehead atoms. The maximum Gasteiger partial charge on any atom is 0.145 e. The minimum absolute atomic E-state index is 0.0898. The van der Waals surface area contributed by atoms with E-state index in [-0.39, 0.29) is 11.3 Å². The van der Waals surface area contributed by atoms with Gasteiger partial charge in [0.05, 0.1) is 11.4 Å². The van der Waals surface area contributed by atoms with Gasteiger partial charge in [-0.25, -0.2) is 9.37 Å². The Kier molecular flexibility index (Phi) is 4.17. The minimum atomic E-state index is -0.236. The molecule has 1 aromatic heterocycles. The highest BCUT2D eigenvalue weighted by Crippen LogP contribution is 2.30. The molecule has 0 saturated carbocycles. The van der Waals surface area contributed by atoms with Crippen LogP contribution in [-0.2, 0) is 0 Å². The smallest absolute Gasteiger partial charge is 0.145 e. The summed E-state index contributed by atoms with van der Waals surface area (Å²) < 4.78 is 13.9. The lowest BCUT2D eigenvalue weighted by Crippen LogP contribution is -2.28. The van der Waals surface area contributed by atoms with E-state index in [1.54, 1.807) is 30.1 Å². The summed E-state index contributed by atoms with van der Waals surface area (Å²) in [7, 11) is 0. The maximum atomic E-state index is 13.1. The van der Waals surface area contributed by atoms with Crippen molar-refractivity contribution in [1.29, 1.82) is 0 Å². The van der Waals surface area contributed by atoms with E-state index in [0.717, 1.165) is 27.1 Å². The van der Waals surface area contributed by atoms with Gasteiger partial charge in [0.2, 0.25) is 0 Å². The topological polar surface area (TPSA) is 37.0 Å². The predicted octanol–water partition coefficient (Wildman–Crippen LogP) is 3.65. The molecule has 1 aliphatic rings. The number of benzene rings is 1. The Balaban J connectivity index is 2.07. The number of nitrogens with zero attached hydrogens (tertiary/aromatic N) is 1. The number of aromatic nitrogens is 1. The van der Waals surface area contributed by atoms with E-state index < -0.39 is 0 Å². The maximum absolute atomic E-state index is 13.1. The van der Waals surface area contributed by atoms with Crippen molar-refractivity contribution in [2.45, 2.75) is 5.50 Å². The Morgan fingerprint density at radius 3 is 2.38 bits per heavy atom. The highest BCUT2D eigenvalue weighted by Gasteiger charge is 2.24. The van der Waals surface area contributed by atoms with Crippen molar-refractivity contribution in [3.05, 3.63) is 64.1 Å². The molecule has 1 unspecified atom stereocenters. The Bertz CT molecular complexity index is 688. The highest BCUT2D eigenvalue weighted by molar-refractivity contribution is 9.10. The lowest BCUT2D eigenvalue weighted by atomic mass is 10.1. The van der Waals surface area contributed by atoms with Gasteiger partial charge in [-0.2, -0.15) is 0 Å². The van der Waals surface area contributed by atoms with Crippen molar-refractivity contribution in [2.24, 2.45) is 0 Å². The Morgan fingerprint density at radius 1 is 1.10 bits per heavy atom. The van der Waals surface area contributed by atoms with Gasteiger partial charge in [0.15, 0.2) is 0 Å². The van der Waals surface area contributed by atoms with E-state index in [9.17, 15) is 4.39 Å². The highest BCUT2D eigenvalue weighted by atomic mass is 79.9. The van der Waals surface area contributed by atoms with E-state index >= 15 is 0 Å². The van der Waals surface area contributed by atoms with Gasteiger partial charge < -0.3 is 10.6 Å². The molecule has 3 rings (SSSR count). The molecule has 1 aromatic carbocycles. The number of rotatable bonds is 3. The zero-order valence-corrected chi connectivity index (χ0v) is 13.6. The monoisotopic (exact) mass is 365 g/mol. The molecule has 6 heteroatoms. The molecule has 3 nitrogen and oxygen atoms in total. The van der Waals surface area contributed by atoms with Crippen molar-refractivity contribution in [3.63, 3.8) is 0 Å². The molecular formula is C15H13BrFN3S. The van der Waals surface area contributed by atoms with Gasteiger partial charge in [-0.05, 0) is 58.6 Å². The fourth-order valence-corrected chi connectivity index (χ4v) is 3.03. The first-order valence-electron chi connectivity index (χ1n) is 6.35. The summed E-state index contributed by atoms with van der Waals surface area (Å²) in [5.41, 5.74) is 4.02. The number of halogens is 2. The SMILES string of the molecule is CSC1NC(c2ccc(F)cc2)=C(c2ccnc(Br)c2)N1. The van der Waals surface area contributed by atoms with E-state index in [4.69, 9.17) is 0 Å². The van der Waals surface area contributed by atoms with Gasteiger partial charge in [-0.3, -0.25) is 0 Å². The van der Waals surface area contributed by atoms with E-state index in [1.165, 1.54) is 12.1 Å². The third-order valence-corrected chi connectivity index (χ3v) is 4.33. The second-order valence-corrected chi connectivity index (χ2v) is 6.28. The average molecular weight is 366 g/mol. The quantitative estimate of drug-likeness (QED) is 0.814. The van der Waals surface area contributed by atoms with Gasteiger partial charge >= 0.3 is 0 Å². The zero-order valence-electron chi connectivity index (χ0n) is 11.2. The summed E-state index contributed by atoms with van der Waals surface area (Å²) in [6, 6.07) is 10.4. The standard InChI is InChI=1S/C15H13BrFN3S/c1-21-15-19-13(9-2-4-11(17)5-3-9)14(20-15)10-6-7-18-12(16)8-10/h2-8,15,19-20H,1H3. The van der Waals surface area contributed by atoms with Crippen molar-refractivity contribution in [3.8, 4) is 0 Å². The van der Waals surface area contributed by atoms with Crippen LogP contribution in [0.2, 0.25) is 0 Å². The number of nitrogens with one attached hydrogen (secondary N) is 2. The number of thioether (sulfide) groups is 1. The average Bonchev–Trinajstić information content (AvgIpc) is 2.92. The first-order chi connectivity index (χ1) is 10.2. The summed E-state index contributed by atoms with van der Waals surface area (Å²) >= 11 is 5.06. The molecule has 2 heterocycles. The van der Waals surface area contributed by atoms with Crippen LogP contribution in [0.5, 0.6) is 0 Å². The third kappa shape index (κ3) is 3.06. The molecule has 0 saturated heterocycles. The van der Waals surface area contributed by atoms with Crippen LogP contribution in [0.1, 0.15) is 11.1 Å². The second kappa shape index (κ2) is 6.07. The molecule has 0 fully saturated rings. The third-order valence-electron chi connectivity index (χ3n) is 3.18. The number of pyridine rings is 1. The van der Waals surface area contributed by atoms with Gasteiger partial charge in [0, 0.05) is 17.3 Å². The van der Waals surface area contributed by atoms with Crippen LogP contribution in [0, 0.1) is 5.82 Å². The lowest BCUT2D eigenvalue weighted by Gasteiger charge is -2.10. The summed E-state index contributed by atoms with van der Waals surface area (Å²) in [6.07, 6.45) is 3.78. The zero-order chi connectivity index (χ0) is 14.8. The van der Waals surface area contributed by atoms with Gasteiger partial charge in [-0.15, -0.1) is 11.8 Å². The summed E-state index contributed by atoms with van der Waals surface area (Å²) in [5.74, 6) is -0.236. The van der Waals surface area contributed by atoms with E-state index in [0.29, 0.717) is 0 Å². The lowest BCUT2D eigenvalue weighted by molar-refractivity contribution is 0.627. The van der Waals surface area contributed by atoms with Crippen LogP contribution in [-0.4, -0.2) is 16.7 Å². The Hall–Kier alpha value is -1.53. The number of hydrogen-bond acceptors (Lipinski definition) is 4. The molecule has 1 aliphatic heterocycles. The molecule has 108 valence electrons. The predicted molar refractivity (Wildman–Crippen MR) is 88.7 cm³/mol. The van der Waals surface area contributed by atoms with Crippen LogP contribution in [0.4, 0.5) is 4.39 Å². The molecule has 0 amide bonds. The Morgan fingerprint density at radius 2 is 1.76 bits per heavy atom. The van der Waals surface area contributed by atoms with Crippen molar-refractivity contribution in [2.75, 3.05) is 6.26 Å². The molecule has 2 aromatic rings. The summed E-state index contributed by atoms with van der Waals surface area (Å²) in [6.45, 7) is 0. The largest absolute Gasteiger partial charge is 0.355 e. The molecule has 0 aliphatic carbocycles. The van der Waals surface area contributed by atoms with E-state index in [1.807, 2.05) is 18.4 Å². The van der Waals surface area contributed by atoms with Crippen LogP contribution >= 0.6 is 27.7 Å². The second-order valence-electron chi connectivity index (χ2n) is 4.53. The van der Waals surface area contributed by atoms with E-state index in [2.05, 4.69) is 31.5 Å². The molecule has 21 heavy (non-hydrogen) atoms. The van der Waals surface area contributed by atoms with Gasteiger partial charge in [0.1, 0.15) is 15.9 Å².